The van der Waals surface area contributed by atoms with E-state index in [0.717, 1.165) is 60.3 Å². The lowest BCUT2D eigenvalue weighted by Gasteiger charge is -2.39. The van der Waals surface area contributed by atoms with E-state index in [4.69, 9.17) is 5.10 Å². The fourth-order valence-electron chi connectivity index (χ4n) is 6.84. The summed E-state index contributed by atoms with van der Waals surface area (Å²) in [6.07, 6.45) is 5.24. The molecule has 234 valence electrons. The zero-order chi connectivity index (χ0) is 31.7. The average molecular weight is 608 g/mol. The Morgan fingerprint density at radius 1 is 0.889 bits per heavy atom. The minimum Gasteiger partial charge on any atom is -0.336 e. The van der Waals surface area contributed by atoms with Gasteiger partial charge in [0.25, 0.3) is 0 Å². The van der Waals surface area contributed by atoms with Crippen LogP contribution in [0.3, 0.4) is 0 Å². The van der Waals surface area contributed by atoms with Crippen molar-refractivity contribution >= 4 is 23.4 Å². The summed E-state index contributed by atoms with van der Waals surface area (Å²) < 4.78 is 15.1. The molecule has 1 aromatic heterocycles. The van der Waals surface area contributed by atoms with E-state index in [0.29, 0.717) is 18.2 Å². The van der Waals surface area contributed by atoms with Gasteiger partial charge < -0.3 is 10.2 Å². The molecule has 4 aromatic rings. The molecule has 2 unspecified atom stereocenters. The Hall–Kier alpha value is -4.46. The number of carbonyl (C=O) groups is 2. The summed E-state index contributed by atoms with van der Waals surface area (Å²) in [5.41, 5.74) is 5.50. The third kappa shape index (κ3) is 7.11. The van der Waals surface area contributed by atoms with Crippen molar-refractivity contribution in [3.05, 3.63) is 107 Å². The smallest absolute Gasteiger partial charge is 0.324 e. The van der Waals surface area contributed by atoms with Crippen LogP contribution in [0, 0.1) is 18.7 Å². The Bertz CT molecular complexity index is 1660. The highest BCUT2D eigenvalue weighted by atomic mass is 19.1. The van der Waals surface area contributed by atoms with Crippen LogP contribution in [0.1, 0.15) is 68.8 Å². The molecule has 0 spiro atoms. The molecule has 2 fully saturated rings. The first-order valence-corrected chi connectivity index (χ1v) is 15.9. The number of amides is 3. The Balaban J connectivity index is 1.08. The number of hydrogen-bond donors (Lipinski definition) is 2. The average Bonchev–Trinajstić information content (AvgIpc) is 3.53. The van der Waals surface area contributed by atoms with Crippen LogP contribution in [0.15, 0.2) is 78.9 Å². The second-order valence-corrected chi connectivity index (χ2v) is 13.7. The van der Waals surface area contributed by atoms with Crippen molar-refractivity contribution < 1.29 is 14.0 Å². The summed E-state index contributed by atoms with van der Waals surface area (Å²) in [6, 6.07) is 24.5. The maximum Gasteiger partial charge on any atom is 0.324 e. The minimum atomic E-state index is -0.327. The lowest BCUT2D eigenvalue weighted by atomic mass is 9.85. The van der Waals surface area contributed by atoms with Crippen molar-refractivity contribution in [3.63, 3.8) is 0 Å². The number of carbonyl (C=O) groups excluding carboxylic acids is 2. The number of benzene rings is 3. The van der Waals surface area contributed by atoms with Gasteiger partial charge in [-0.15, -0.1) is 0 Å². The molecule has 2 aliphatic heterocycles. The molecule has 2 aliphatic rings. The summed E-state index contributed by atoms with van der Waals surface area (Å²) in [5, 5.41) is 10.8. The summed E-state index contributed by atoms with van der Waals surface area (Å²) >= 11 is 0. The van der Waals surface area contributed by atoms with Crippen molar-refractivity contribution in [2.45, 2.75) is 83.7 Å². The summed E-state index contributed by atoms with van der Waals surface area (Å²) in [7, 11) is 0. The van der Waals surface area contributed by atoms with Crippen LogP contribution in [-0.2, 0) is 23.1 Å². The second kappa shape index (κ2) is 12.5. The quantitative estimate of drug-likeness (QED) is 0.225. The van der Waals surface area contributed by atoms with Crippen LogP contribution in [0.2, 0.25) is 0 Å². The van der Waals surface area contributed by atoms with Gasteiger partial charge in [0.1, 0.15) is 11.6 Å². The van der Waals surface area contributed by atoms with E-state index in [1.807, 2.05) is 55.5 Å². The Kier molecular flexibility index (Phi) is 8.49. The van der Waals surface area contributed by atoms with Crippen LogP contribution < -0.4 is 10.6 Å². The number of nitrogens with one attached hydrogen (secondary N) is 2. The number of hydrogen-bond acceptors (Lipinski definition) is 3. The van der Waals surface area contributed by atoms with E-state index >= 15 is 0 Å². The highest BCUT2D eigenvalue weighted by molar-refractivity contribution is 5.99. The number of fused-ring (bicyclic) bond motifs is 2. The first-order valence-electron chi connectivity index (χ1n) is 15.9. The molecule has 0 saturated carbocycles. The number of halogens is 1. The summed E-state index contributed by atoms with van der Waals surface area (Å²) in [4.78, 5) is 28.5. The molecule has 7 nitrogen and oxygen atoms in total. The molecule has 8 heteroatoms. The predicted molar refractivity (Wildman–Crippen MR) is 176 cm³/mol. The van der Waals surface area contributed by atoms with Crippen molar-refractivity contribution in [3.8, 4) is 5.69 Å². The Labute approximate surface area is 264 Å². The van der Waals surface area contributed by atoms with E-state index in [1.54, 1.807) is 16.8 Å². The van der Waals surface area contributed by atoms with Gasteiger partial charge in [0.2, 0.25) is 5.91 Å². The number of piperidine rings is 1. The maximum atomic E-state index is 13.3. The van der Waals surface area contributed by atoms with Crippen molar-refractivity contribution in [2.75, 3.05) is 10.6 Å². The molecule has 45 heavy (non-hydrogen) atoms. The molecule has 2 N–H and O–H groups in total. The van der Waals surface area contributed by atoms with E-state index in [-0.39, 0.29) is 35.3 Å². The van der Waals surface area contributed by atoms with Gasteiger partial charge in [0.05, 0.1) is 17.8 Å². The van der Waals surface area contributed by atoms with Crippen LogP contribution >= 0.6 is 0 Å². The first-order chi connectivity index (χ1) is 21.5. The number of urea groups is 1. The van der Waals surface area contributed by atoms with Crippen molar-refractivity contribution in [1.82, 2.24) is 14.7 Å². The highest BCUT2D eigenvalue weighted by Gasteiger charge is 2.42. The van der Waals surface area contributed by atoms with Gasteiger partial charge in [-0.3, -0.25) is 10.1 Å². The topological polar surface area (TPSA) is 79.3 Å². The number of aryl methyl sites for hydroxylation is 1. The first kappa shape index (κ1) is 30.6. The van der Waals surface area contributed by atoms with Crippen LogP contribution in [0.25, 0.3) is 5.69 Å². The largest absolute Gasteiger partial charge is 0.336 e. The monoisotopic (exact) mass is 607 g/mol. The standard InChI is InChI=1S/C37H42FN5O2/c1-24-8-14-30(15-9-24)43-34(23-33(41-43)37(2,3)4)40-36(45)39-29-7-5-6-26(19-29)18-27-20-31-16-17-32(21-27)42(31)35(44)22-25-10-12-28(38)13-11-25/h5-15,19,23,27,31-32H,16-18,20-22H2,1-4H3,(H2,39,40,45). The second-order valence-electron chi connectivity index (χ2n) is 13.7. The SMILES string of the molecule is Cc1ccc(-n2nc(C(C)(C)C)cc2NC(=O)Nc2cccc(CC3CC4CCC(C3)N4C(=O)Cc3ccc(F)cc3)c2)cc1. The van der Waals surface area contributed by atoms with Crippen LogP contribution in [0.5, 0.6) is 0 Å². The Morgan fingerprint density at radius 2 is 1.58 bits per heavy atom. The molecule has 2 atom stereocenters. The van der Waals surface area contributed by atoms with E-state index in [1.165, 1.54) is 17.7 Å². The molecular weight excluding hydrogens is 565 g/mol. The molecule has 0 aliphatic carbocycles. The zero-order valence-corrected chi connectivity index (χ0v) is 26.5. The fourth-order valence-corrected chi connectivity index (χ4v) is 6.84. The molecular formula is C37H42FN5O2. The van der Waals surface area contributed by atoms with Gasteiger partial charge in [-0.2, -0.15) is 5.10 Å². The van der Waals surface area contributed by atoms with Gasteiger partial charge in [-0.1, -0.05) is 62.7 Å². The van der Waals surface area contributed by atoms with Crippen LogP contribution in [0.4, 0.5) is 20.7 Å². The fraction of sp³-hybridized carbons (Fsp3) is 0.378. The number of rotatable bonds is 7. The maximum absolute atomic E-state index is 13.3. The molecule has 3 amide bonds. The third-order valence-electron chi connectivity index (χ3n) is 9.09. The van der Waals surface area contributed by atoms with Gasteiger partial charge in [-0.05, 0) is 92.5 Å². The lowest BCUT2D eigenvalue weighted by molar-refractivity contribution is -0.135. The molecule has 3 aromatic carbocycles. The molecule has 3 heterocycles. The minimum absolute atomic E-state index is 0.142. The van der Waals surface area contributed by atoms with E-state index < -0.39 is 0 Å². The molecule has 0 radical (unpaired) electrons. The highest BCUT2D eigenvalue weighted by Crippen LogP contribution is 2.40. The van der Waals surface area contributed by atoms with E-state index in [2.05, 4.69) is 42.4 Å². The van der Waals surface area contributed by atoms with Crippen molar-refractivity contribution in [2.24, 2.45) is 5.92 Å². The van der Waals surface area contributed by atoms with E-state index in [9.17, 15) is 14.0 Å². The number of anilines is 2. The zero-order valence-electron chi connectivity index (χ0n) is 26.5. The normalized spacial score (nSPS) is 19.4. The van der Waals surface area contributed by atoms with Crippen LogP contribution in [-0.4, -0.2) is 38.7 Å². The van der Waals surface area contributed by atoms with Crippen molar-refractivity contribution in [1.29, 1.82) is 0 Å². The third-order valence-corrected chi connectivity index (χ3v) is 9.09. The van der Waals surface area contributed by atoms with Gasteiger partial charge in [0.15, 0.2) is 0 Å². The molecule has 2 saturated heterocycles. The predicted octanol–water partition coefficient (Wildman–Crippen LogP) is 7.82. The lowest BCUT2D eigenvalue weighted by Crippen LogP contribution is -2.47. The van der Waals surface area contributed by atoms with Gasteiger partial charge in [-0.25, -0.2) is 13.9 Å². The number of aromatic nitrogens is 2. The molecule has 6 rings (SSSR count). The summed E-state index contributed by atoms with van der Waals surface area (Å²) in [5.74, 6) is 0.935. The van der Waals surface area contributed by atoms with Gasteiger partial charge >= 0.3 is 6.03 Å². The summed E-state index contributed by atoms with van der Waals surface area (Å²) in [6.45, 7) is 8.35. The van der Waals surface area contributed by atoms with Gasteiger partial charge in [0, 0.05) is 29.3 Å². The molecule has 2 bridgehead atoms. The Morgan fingerprint density at radius 3 is 2.24 bits per heavy atom. The number of nitrogens with zero attached hydrogens (tertiary/aromatic N) is 3.